The van der Waals surface area contributed by atoms with Gasteiger partial charge in [-0.25, -0.2) is 0 Å². The molecule has 2 heterocycles. The number of allylic oxidation sites excluding steroid dienone is 3. The van der Waals surface area contributed by atoms with Crippen molar-refractivity contribution in [3.05, 3.63) is 36.0 Å². The van der Waals surface area contributed by atoms with Crippen molar-refractivity contribution in [3.63, 3.8) is 0 Å². The van der Waals surface area contributed by atoms with Crippen molar-refractivity contribution in [1.29, 1.82) is 0 Å². The molecule has 2 aliphatic rings. The minimum atomic E-state index is -2.15. The molecule has 9 unspecified atom stereocenters. The van der Waals surface area contributed by atoms with Crippen molar-refractivity contribution in [2.24, 2.45) is 29.1 Å². The highest BCUT2D eigenvalue weighted by Crippen LogP contribution is 2.40. The van der Waals surface area contributed by atoms with Crippen LogP contribution in [0.1, 0.15) is 115 Å². The summed E-state index contributed by atoms with van der Waals surface area (Å²) in [6, 6.07) is 0. The monoisotopic (exact) mass is 646 g/mol. The zero-order valence-electron chi connectivity index (χ0n) is 31.1. The zero-order valence-corrected chi connectivity index (χ0v) is 32.1. The Morgan fingerprint density at radius 1 is 1.16 bits per heavy atom. The maximum absolute atomic E-state index is 13.5. The molecule has 1 saturated heterocycles. The third-order valence-corrected chi connectivity index (χ3v) is 15.2. The number of ether oxygens (including phenoxy) is 3. The number of epoxide rings is 1. The second kappa shape index (κ2) is 16.4. The van der Waals surface area contributed by atoms with Crippen molar-refractivity contribution in [2.75, 3.05) is 0 Å². The smallest absolute Gasteiger partial charge is 0.308 e. The lowest BCUT2D eigenvalue weighted by Crippen LogP contribution is -2.45. The van der Waals surface area contributed by atoms with E-state index in [1.165, 1.54) is 13.3 Å². The van der Waals surface area contributed by atoms with Crippen LogP contribution < -0.4 is 0 Å². The molecule has 0 aromatic rings. The van der Waals surface area contributed by atoms with Crippen LogP contribution in [0.25, 0.3) is 0 Å². The van der Waals surface area contributed by atoms with Gasteiger partial charge in [0.15, 0.2) is 8.32 Å². The molecule has 0 amide bonds. The third-order valence-electron chi connectivity index (χ3n) is 10.7. The summed E-state index contributed by atoms with van der Waals surface area (Å²) in [5.74, 6) is 0.974. The van der Waals surface area contributed by atoms with E-state index in [0.29, 0.717) is 36.4 Å². The van der Waals surface area contributed by atoms with Crippen LogP contribution in [0.4, 0.5) is 0 Å². The zero-order chi connectivity index (χ0) is 34.3. The van der Waals surface area contributed by atoms with E-state index < -0.39 is 20.5 Å². The molecule has 0 aromatic heterocycles. The molecule has 2 aliphatic heterocycles. The van der Waals surface area contributed by atoms with Crippen molar-refractivity contribution >= 4 is 20.3 Å². The van der Waals surface area contributed by atoms with Gasteiger partial charge in [-0.3, -0.25) is 9.59 Å². The maximum atomic E-state index is 13.5. The normalized spacial score (nSPS) is 31.2. The van der Waals surface area contributed by atoms with Crippen LogP contribution in [-0.2, 0) is 28.2 Å². The molecule has 45 heavy (non-hydrogen) atoms. The predicted octanol–water partition coefficient (Wildman–Crippen LogP) is 9.60. The van der Waals surface area contributed by atoms with E-state index in [0.717, 1.165) is 18.4 Å². The maximum Gasteiger partial charge on any atom is 0.308 e. The van der Waals surface area contributed by atoms with Crippen molar-refractivity contribution < 1.29 is 28.2 Å². The van der Waals surface area contributed by atoms with Gasteiger partial charge in [0, 0.05) is 18.3 Å². The van der Waals surface area contributed by atoms with Gasteiger partial charge in [-0.2, -0.15) is 0 Å². The van der Waals surface area contributed by atoms with E-state index in [2.05, 4.69) is 93.6 Å². The van der Waals surface area contributed by atoms with Gasteiger partial charge < -0.3 is 18.6 Å². The van der Waals surface area contributed by atoms with Crippen LogP contribution in [0.2, 0.25) is 18.1 Å². The molecule has 258 valence electrons. The lowest BCUT2D eigenvalue weighted by atomic mass is 9.80. The average Bonchev–Trinajstić information content (AvgIpc) is 3.68. The van der Waals surface area contributed by atoms with Gasteiger partial charge in [0.25, 0.3) is 0 Å². The standard InChI is InChI=1S/C38H66O6Si/c1-15-26(3)29(6)36-32(42-36)23-25(2)17-16-18-27(4)35-28(5)19-20-33(41-30(7)39)38(11,12)22-21-31(24-34(40)43-35)44-45(13,14)37(8,9)10/h16-20,25-26,28-29,31-33,35-36H,15,21-24H2,1-14H3/b17-16+,20-19+,27-18+. The highest BCUT2D eigenvalue weighted by Gasteiger charge is 2.44. The Morgan fingerprint density at radius 3 is 2.38 bits per heavy atom. The van der Waals surface area contributed by atoms with Crippen LogP contribution in [0.3, 0.4) is 0 Å². The molecule has 6 nitrogen and oxygen atoms in total. The Morgan fingerprint density at radius 2 is 1.80 bits per heavy atom. The minimum Gasteiger partial charge on any atom is -0.458 e. The summed E-state index contributed by atoms with van der Waals surface area (Å²) in [4.78, 5) is 25.6. The van der Waals surface area contributed by atoms with E-state index in [1.807, 2.05) is 26.0 Å². The predicted molar refractivity (Wildman–Crippen MR) is 187 cm³/mol. The van der Waals surface area contributed by atoms with Gasteiger partial charge in [0.05, 0.1) is 24.7 Å². The molecule has 0 bridgehead atoms. The molecule has 9 atom stereocenters. The van der Waals surface area contributed by atoms with Crippen molar-refractivity contribution in [2.45, 2.75) is 164 Å². The fourth-order valence-corrected chi connectivity index (χ4v) is 7.31. The van der Waals surface area contributed by atoms with Gasteiger partial charge in [-0.1, -0.05) is 100.0 Å². The Bertz CT molecular complexity index is 1070. The first-order valence-electron chi connectivity index (χ1n) is 17.4. The molecular weight excluding hydrogens is 580 g/mol. The van der Waals surface area contributed by atoms with E-state index in [-0.39, 0.29) is 40.8 Å². The molecule has 0 spiro atoms. The molecule has 0 aliphatic carbocycles. The van der Waals surface area contributed by atoms with Crippen LogP contribution in [0.15, 0.2) is 36.0 Å². The largest absolute Gasteiger partial charge is 0.458 e. The molecule has 7 heteroatoms. The number of hydrogen-bond donors (Lipinski definition) is 0. The lowest BCUT2D eigenvalue weighted by molar-refractivity contribution is -0.151. The molecule has 1 fully saturated rings. The molecule has 0 saturated carbocycles. The van der Waals surface area contributed by atoms with E-state index >= 15 is 0 Å². The fraction of sp³-hybridized carbons (Fsp3) is 0.789. The Balaban J connectivity index is 2.28. The molecule has 2 rings (SSSR count). The van der Waals surface area contributed by atoms with Gasteiger partial charge in [-0.05, 0) is 73.7 Å². The molecule has 0 radical (unpaired) electrons. The van der Waals surface area contributed by atoms with Crippen LogP contribution in [-0.4, -0.2) is 50.8 Å². The molecular formula is C38H66O6Si. The second-order valence-corrected chi connectivity index (χ2v) is 21.1. The van der Waals surface area contributed by atoms with Gasteiger partial charge in [-0.15, -0.1) is 0 Å². The molecule has 0 N–H and O–H groups in total. The first kappa shape index (κ1) is 39.5. The minimum absolute atomic E-state index is 0.0116. The van der Waals surface area contributed by atoms with Gasteiger partial charge in [0.2, 0.25) is 0 Å². The number of carbonyl (C=O) groups is 2. The second-order valence-electron chi connectivity index (χ2n) is 16.3. The van der Waals surface area contributed by atoms with Gasteiger partial charge in [0.1, 0.15) is 12.2 Å². The van der Waals surface area contributed by atoms with E-state index in [1.54, 1.807) is 0 Å². The van der Waals surface area contributed by atoms with Crippen molar-refractivity contribution in [1.82, 2.24) is 0 Å². The van der Waals surface area contributed by atoms with Crippen LogP contribution in [0, 0.1) is 29.1 Å². The van der Waals surface area contributed by atoms with E-state index in [9.17, 15) is 9.59 Å². The van der Waals surface area contributed by atoms with Gasteiger partial charge >= 0.3 is 11.9 Å². The Kier molecular flexibility index (Phi) is 14.4. The summed E-state index contributed by atoms with van der Waals surface area (Å²) in [6.07, 6.45) is 13.8. The highest BCUT2D eigenvalue weighted by atomic mass is 28.4. The topological polar surface area (TPSA) is 74.4 Å². The summed E-state index contributed by atoms with van der Waals surface area (Å²) in [7, 11) is -2.15. The summed E-state index contributed by atoms with van der Waals surface area (Å²) in [5.41, 5.74) is 0.632. The van der Waals surface area contributed by atoms with Crippen molar-refractivity contribution in [3.8, 4) is 0 Å². The molecule has 0 aromatic carbocycles. The lowest BCUT2D eigenvalue weighted by Gasteiger charge is -2.40. The Hall–Kier alpha value is -1.70. The fourth-order valence-electron chi connectivity index (χ4n) is 5.92. The first-order valence-corrected chi connectivity index (χ1v) is 20.3. The Labute approximate surface area is 276 Å². The number of hydrogen-bond acceptors (Lipinski definition) is 6. The quantitative estimate of drug-likeness (QED) is 0.0732. The van der Waals surface area contributed by atoms with Crippen LogP contribution in [0.5, 0.6) is 0 Å². The number of rotatable bonds is 11. The SMILES string of the molecule is CCC(C)C(C)C1OC1CC(C)/C=C/C=C(\C)C1OC(=O)CC(O[Si](C)(C)C(C)(C)C)CCC(C)(C)C(OC(C)=O)/C=C/C1C. The summed E-state index contributed by atoms with van der Waals surface area (Å²) >= 11 is 0. The summed E-state index contributed by atoms with van der Waals surface area (Å²) in [6.45, 7) is 29.9. The number of carbonyl (C=O) groups excluding carboxylic acids is 2. The summed E-state index contributed by atoms with van der Waals surface area (Å²) < 4.78 is 24.9. The number of cyclic esters (lactones) is 1. The highest BCUT2D eigenvalue weighted by molar-refractivity contribution is 6.74. The van der Waals surface area contributed by atoms with E-state index in [4.69, 9.17) is 18.6 Å². The van der Waals surface area contributed by atoms with Crippen LogP contribution >= 0.6 is 0 Å². The first-order chi connectivity index (χ1) is 20.7. The third kappa shape index (κ3) is 12.1. The summed E-state index contributed by atoms with van der Waals surface area (Å²) in [5, 5.41) is 0.0116. The average molecular weight is 647 g/mol. The number of esters is 2.